The number of carbonyl (C=O) groups excluding carboxylic acids is 1. The summed E-state index contributed by atoms with van der Waals surface area (Å²) in [7, 11) is 0. The van der Waals surface area contributed by atoms with Crippen molar-refractivity contribution in [3.8, 4) is 5.75 Å². The Morgan fingerprint density at radius 2 is 2.12 bits per heavy atom. The van der Waals surface area contributed by atoms with Gasteiger partial charge in [-0.15, -0.1) is 0 Å². The van der Waals surface area contributed by atoms with Crippen LogP contribution in [-0.4, -0.2) is 12.5 Å². The molecule has 17 heavy (non-hydrogen) atoms. The highest BCUT2D eigenvalue weighted by Crippen LogP contribution is 2.07. The highest BCUT2D eigenvalue weighted by molar-refractivity contribution is 5.76. The van der Waals surface area contributed by atoms with Crippen molar-refractivity contribution in [2.45, 2.75) is 6.92 Å². The van der Waals surface area contributed by atoms with E-state index < -0.39 is 0 Å². The van der Waals surface area contributed by atoms with Gasteiger partial charge in [0.2, 0.25) is 0 Å². The van der Waals surface area contributed by atoms with Crippen molar-refractivity contribution in [2.75, 3.05) is 6.61 Å². The molecule has 0 heterocycles. The first-order valence-electron chi connectivity index (χ1n) is 5.15. The van der Waals surface area contributed by atoms with Gasteiger partial charge in [-0.2, -0.15) is 5.48 Å². The molecule has 0 bridgehead atoms. The van der Waals surface area contributed by atoms with Crippen LogP contribution in [-0.2, 0) is 9.63 Å². The van der Waals surface area contributed by atoms with E-state index in [9.17, 15) is 4.79 Å². The van der Waals surface area contributed by atoms with Gasteiger partial charge in [-0.3, -0.25) is 4.79 Å². The van der Waals surface area contributed by atoms with Gasteiger partial charge < -0.3 is 9.57 Å². The predicted octanol–water partition coefficient (Wildman–Crippen LogP) is 2.20. The van der Waals surface area contributed by atoms with E-state index in [2.05, 4.69) is 12.1 Å². The fraction of sp³-hybridized carbons (Fsp3) is 0.154. The number of hydrogen-bond acceptors (Lipinski definition) is 3. The molecule has 0 aliphatic carbocycles. The number of hydroxylamine groups is 1. The third-order valence-corrected chi connectivity index (χ3v) is 1.79. The zero-order chi connectivity index (χ0) is 12.5. The van der Waals surface area contributed by atoms with Gasteiger partial charge >= 0.3 is 0 Å². The molecule has 0 fully saturated rings. The maximum atomic E-state index is 11.3. The van der Waals surface area contributed by atoms with Gasteiger partial charge in [0.1, 0.15) is 11.5 Å². The second-order valence-corrected chi connectivity index (χ2v) is 3.24. The zero-order valence-corrected chi connectivity index (χ0v) is 9.68. The summed E-state index contributed by atoms with van der Waals surface area (Å²) >= 11 is 0. The van der Waals surface area contributed by atoms with Crippen LogP contribution in [0.2, 0.25) is 0 Å². The Kier molecular flexibility index (Phi) is 5.37. The third kappa shape index (κ3) is 5.41. The smallest absolute Gasteiger partial charge is 0.290 e. The molecular formula is C13H15NO3. The molecule has 4 heteroatoms. The van der Waals surface area contributed by atoms with Gasteiger partial charge in [0.05, 0.1) is 0 Å². The van der Waals surface area contributed by atoms with E-state index in [1.54, 1.807) is 31.2 Å². The molecule has 0 aromatic heterocycles. The third-order valence-electron chi connectivity index (χ3n) is 1.79. The molecule has 0 unspecified atom stereocenters. The first kappa shape index (κ1) is 12.8. The van der Waals surface area contributed by atoms with Crippen LogP contribution >= 0.6 is 0 Å². The maximum absolute atomic E-state index is 11.3. The van der Waals surface area contributed by atoms with E-state index in [0.29, 0.717) is 11.5 Å². The quantitative estimate of drug-likeness (QED) is 0.465. The van der Waals surface area contributed by atoms with Crippen molar-refractivity contribution in [3.63, 3.8) is 0 Å². The van der Waals surface area contributed by atoms with Crippen molar-refractivity contribution in [1.82, 2.24) is 5.48 Å². The lowest BCUT2D eigenvalue weighted by Crippen LogP contribution is -2.28. The molecule has 1 aromatic rings. The van der Waals surface area contributed by atoms with Crippen LogP contribution < -0.4 is 10.2 Å². The fourth-order valence-corrected chi connectivity index (χ4v) is 1.03. The average molecular weight is 233 g/mol. The number of nitrogens with one attached hydrogen (secondary N) is 1. The molecule has 1 N–H and O–H groups in total. The number of hydrogen-bond donors (Lipinski definition) is 1. The first-order valence-corrected chi connectivity index (χ1v) is 5.15. The highest BCUT2D eigenvalue weighted by atomic mass is 16.7. The normalized spacial score (nSPS) is 10.5. The molecule has 0 saturated heterocycles. The lowest BCUT2D eigenvalue weighted by Gasteiger charge is -2.08. The van der Waals surface area contributed by atoms with Gasteiger partial charge in [0, 0.05) is 0 Å². The summed E-state index contributed by atoms with van der Waals surface area (Å²) in [4.78, 5) is 16.3. The molecule has 0 atom stereocenters. The lowest BCUT2D eigenvalue weighted by atomic mass is 10.3. The fourth-order valence-electron chi connectivity index (χ4n) is 1.03. The van der Waals surface area contributed by atoms with Crippen LogP contribution in [0.5, 0.6) is 5.75 Å². The Labute approximate surface area is 100 Å². The minimum absolute atomic E-state index is 0.0919. The Hall–Kier alpha value is -2.23. The Morgan fingerprint density at radius 3 is 2.76 bits per heavy atom. The Bertz CT molecular complexity index is 398. The van der Waals surface area contributed by atoms with Crippen molar-refractivity contribution in [3.05, 3.63) is 54.8 Å². The summed E-state index contributed by atoms with van der Waals surface area (Å²) < 4.78 is 5.23. The molecule has 0 aliphatic rings. The SMILES string of the molecule is C=CC=C(C)ONC(=O)COc1ccccc1. The predicted molar refractivity (Wildman–Crippen MR) is 65.1 cm³/mol. The van der Waals surface area contributed by atoms with Crippen molar-refractivity contribution < 1.29 is 14.4 Å². The molecule has 90 valence electrons. The summed E-state index contributed by atoms with van der Waals surface area (Å²) in [6, 6.07) is 9.09. The Morgan fingerprint density at radius 1 is 1.41 bits per heavy atom. The van der Waals surface area contributed by atoms with Crippen LogP contribution in [0.3, 0.4) is 0 Å². The number of amides is 1. The van der Waals surface area contributed by atoms with Gasteiger partial charge in [-0.25, -0.2) is 0 Å². The van der Waals surface area contributed by atoms with Crippen LogP contribution in [0.1, 0.15) is 6.92 Å². The summed E-state index contributed by atoms with van der Waals surface area (Å²) in [5.41, 5.74) is 2.26. The van der Waals surface area contributed by atoms with Crippen molar-refractivity contribution >= 4 is 5.91 Å². The number of benzene rings is 1. The molecule has 4 nitrogen and oxygen atoms in total. The van der Waals surface area contributed by atoms with Gasteiger partial charge in [-0.1, -0.05) is 30.9 Å². The molecule has 1 rings (SSSR count). The molecule has 0 aliphatic heterocycles. The van der Waals surface area contributed by atoms with Crippen LogP contribution in [0, 0.1) is 0 Å². The lowest BCUT2D eigenvalue weighted by molar-refractivity contribution is -0.132. The van der Waals surface area contributed by atoms with Crippen LogP contribution in [0.4, 0.5) is 0 Å². The maximum Gasteiger partial charge on any atom is 0.290 e. The van der Waals surface area contributed by atoms with E-state index in [-0.39, 0.29) is 12.5 Å². The van der Waals surface area contributed by atoms with Gasteiger partial charge in [-0.05, 0) is 25.1 Å². The number of carbonyl (C=O) groups is 1. The number of ether oxygens (including phenoxy) is 1. The van der Waals surface area contributed by atoms with Crippen LogP contribution in [0.25, 0.3) is 0 Å². The second kappa shape index (κ2) is 7.11. The van der Waals surface area contributed by atoms with Gasteiger partial charge in [0.15, 0.2) is 6.61 Å². The number of para-hydroxylation sites is 1. The first-order chi connectivity index (χ1) is 8.22. The van der Waals surface area contributed by atoms with E-state index >= 15 is 0 Å². The largest absolute Gasteiger partial charge is 0.484 e. The molecular weight excluding hydrogens is 218 g/mol. The summed E-state index contributed by atoms with van der Waals surface area (Å²) in [5, 5.41) is 0. The van der Waals surface area contributed by atoms with E-state index in [4.69, 9.17) is 9.57 Å². The Balaban J connectivity index is 2.26. The molecule has 0 radical (unpaired) electrons. The highest BCUT2D eigenvalue weighted by Gasteiger charge is 2.02. The van der Waals surface area contributed by atoms with Gasteiger partial charge in [0.25, 0.3) is 5.91 Å². The molecule has 1 amide bonds. The van der Waals surface area contributed by atoms with E-state index in [1.807, 2.05) is 18.2 Å². The molecule has 1 aromatic carbocycles. The topological polar surface area (TPSA) is 47.6 Å². The van der Waals surface area contributed by atoms with Crippen LogP contribution in [0.15, 0.2) is 54.8 Å². The summed E-state index contributed by atoms with van der Waals surface area (Å²) in [5.74, 6) is 0.833. The minimum atomic E-state index is -0.356. The number of allylic oxidation sites excluding steroid dienone is 3. The van der Waals surface area contributed by atoms with E-state index in [1.165, 1.54) is 0 Å². The number of rotatable bonds is 6. The minimum Gasteiger partial charge on any atom is -0.484 e. The van der Waals surface area contributed by atoms with E-state index in [0.717, 1.165) is 0 Å². The monoisotopic (exact) mass is 233 g/mol. The molecule has 0 saturated carbocycles. The second-order valence-electron chi connectivity index (χ2n) is 3.24. The standard InChI is InChI=1S/C13H15NO3/c1-3-7-11(2)17-14-13(15)10-16-12-8-5-4-6-9-12/h3-9H,1,10H2,2H3,(H,14,15). The summed E-state index contributed by atoms with van der Waals surface area (Å²) in [6.07, 6.45) is 3.21. The van der Waals surface area contributed by atoms with Crippen molar-refractivity contribution in [2.24, 2.45) is 0 Å². The molecule has 0 spiro atoms. The average Bonchev–Trinajstić information content (AvgIpc) is 2.35. The van der Waals surface area contributed by atoms with Crippen molar-refractivity contribution in [1.29, 1.82) is 0 Å². The summed E-state index contributed by atoms with van der Waals surface area (Å²) in [6.45, 7) is 5.13. The zero-order valence-electron chi connectivity index (χ0n) is 9.68.